The number of nitrogens with zero attached hydrogens (tertiary/aromatic N) is 1. The zero-order chi connectivity index (χ0) is 11.4. The number of hydrogen-bond donors (Lipinski definition) is 1. The maximum atomic E-state index is 9.20. The summed E-state index contributed by atoms with van der Waals surface area (Å²) in [6, 6.07) is 11.7. The van der Waals surface area contributed by atoms with Crippen molar-refractivity contribution < 1.29 is 9.84 Å². The van der Waals surface area contributed by atoms with Gasteiger partial charge in [0.2, 0.25) is 0 Å². The molecule has 0 saturated carbocycles. The fraction of sp³-hybridized carbons (Fsp3) is 0.231. The van der Waals surface area contributed by atoms with Crippen molar-refractivity contribution in [3.8, 4) is 11.4 Å². The number of aliphatic hydroxyl groups is 1. The third-order valence-corrected chi connectivity index (χ3v) is 2.23. The van der Waals surface area contributed by atoms with E-state index in [9.17, 15) is 5.11 Å². The first-order valence-electron chi connectivity index (χ1n) is 5.30. The number of para-hydroxylation sites is 2. The molecule has 1 aromatic heterocycles. The molecule has 0 amide bonds. The highest BCUT2D eigenvalue weighted by atomic mass is 16.5. The highest BCUT2D eigenvalue weighted by Crippen LogP contribution is 2.22. The molecule has 0 spiro atoms. The molecule has 1 unspecified atom stereocenters. The molecule has 3 heteroatoms. The van der Waals surface area contributed by atoms with Crippen LogP contribution in [0, 0.1) is 0 Å². The summed E-state index contributed by atoms with van der Waals surface area (Å²) < 4.78 is 7.54. The van der Waals surface area contributed by atoms with Gasteiger partial charge in [0.25, 0.3) is 0 Å². The lowest BCUT2D eigenvalue weighted by atomic mass is 10.3. The zero-order valence-electron chi connectivity index (χ0n) is 9.21. The lowest BCUT2D eigenvalue weighted by molar-refractivity contribution is 0.122. The summed E-state index contributed by atoms with van der Waals surface area (Å²) in [6.45, 7) is 2.01. The van der Waals surface area contributed by atoms with Gasteiger partial charge in [-0.1, -0.05) is 12.1 Å². The summed E-state index contributed by atoms with van der Waals surface area (Å²) in [7, 11) is 0. The fourth-order valence-corrected chi connectivity index (χ4v) is 1.50. The second kappa shape index (κ2) is 4.86. The second-order valence-electron chi connectivity index (χ2n) is 3.72. The summed E-state index contributed by atoms with van der Waals surface area (Å²) >= 11 is 0. The van der Waals surface area contributed by atoms with Gasteiger partial charge in [0.1, 0.15) is 12.4 Å². The van der Waals surface area contributed by atoms with Crippen LogP contribution in [0.2, 0.25) is 0 Å². The molecule has 0 aliphatic heterocycles. The van der Waals surface area contributed by atoms with Gasteiger partial charge < -0.3 is 14.4 Å². The summed E-state index contributed by atoms with van der Waals surface area (Å²) in [4.78, 5) is 0. The van der Waals surface area contributed by atoms with Crippen molar-refractivity contribution >= 4 is 0 Å². The van der Waals surface area contributed by atoms with E-state index in [2.05, 4.69) is 0 Å². The summed E-state index contributed by atoms with van der Waals surface area (Å²) in [5.41, 5.74) is 0.980. The molecule has 0 aliphatic carbocycles. The quantitative estimate of drug-likeness (QED) is 0.852. The van der Waals surface area contributed by atoms with Gasteiger partial charge in [-0.2, -0.15) is 0 Å². The van der Waals surface area contributed by atoms with Gasteiger partial charge in [-0.3, -0.25) is 0 Å². The number of ether oxygens (including phenoxy) is 1. The van der Waals surface area contributed by atoms with Crippen LogP contribution in [-0.2, 0) is 0 Å². The zero-order valence-corrected chi connectivity index (χ0v) is 9.21. The van der Waals surface area contributed by atoms with Crippen molar-refractivity contribution in [2.24, 2.45) is 0 Å². The van der Waals surface area contributed by atoms with Crippen LogP contribution in [0.5, 0.6) is 5.75 Å². The van der Waals surface area contributed by atoms with Crippen LogP contribution < -0.4 is 4.74 Å². The molecule has 1 heterocycles. The van der Waals surface area contributed by atoms with E-state index in [4.69, 9.17) is 4.74 Å². The van der Waals surface area contributed by atoms with Crippen LogP contribution >= 0.6 is 0 Å². The predicted octanol–water partition coefficient (Wildman–Crippen LogP) is 2.24. The third kappa shape index (κ3) is 2.44. The summed E-state index contributed by atoms with van der Waals surface area (Å²) in [5, 5.41) is 9.20. The van der Waals surface area contributed by atoms with Crippen molar-refractivity contribution in [2.45, 2.75) is 13.0 Å². The third-order valence-electron chi connectivity index (χ3n) is 2.23. The highest BCUT2D eigenvalue weighted by Gasteiger charge is 2.05. The van der Waals surface area contributed by atoms with Gasteiger partial charge in [-0.05, 0) is 31.2 Å². The normalized spacial score (nSPS) is 12.4. The molecule has 2 aromatic rings. The number of aromatic nitrogens is 1. The van der Waals surface area contributed by atoms with Gasteiger partial charge in [-0.25, -0.2) is 0 Å². The van der Waals surface area contributed by atoms with Gasteiger partial charge in [0.05, 0.1) is 11.8 Å². The molecular formula is C13H15NO2. The van der Waals surface area contributed by atoms with Crippen LogP contribution in [0.15, 0.2) is 48.8 Å². The predicted molar refractivity (Wildman–Crippen MR) is 62.9 cm³/mol. The van der Waals surface area contributed by atoms with E-state index in [1.165, 1.54) is 0 Å². The van der Waals surface area contributed by atoms with E-state index in [0.29, 0.717) is 6.61 Å². The number of aliphatic hydroxyl groups excluding tert-OH is 1. The molecule has 3 nitrogen and oxygen atoms in total. The van der Waals surface area contributed by atoms with Gasteiger partial charge in [-0.15, -0.1) is 0 Å². The maximum Gasteiger partial charge on any atom is 0.143 e. The molecule has 1 atom stereocenters. The maximum absolute atomic E-state index is 9.20. The monoisotopic (exact) mass is 217 g/mol. The number of rotatable bonds is 4. The molecule has 0 radical (unpaired) electrons. The topological polar surface area (TPSA) is 34.4 Å². The Hall–Kier alpha value is -1.74. The van der Waals surface area contributed by atoms with Gasteiger partial charge in [0, 0.05) is 12.4 Å². The highest BCUT2D eigenvalue weighted by molar-refractivity contribution is 5.46. The Labute approximate surface area is 94.9 Å². The van der Waals surface area contributed by atoms with Gasteiger partial charge in [0.15, 0.2) is 0 Å². The van der Waals surface area contributed by atoms with Crippen LogP contribution in [-0.4, -0.2) is 22.4 Å². The number of benzene rings is 1. The van der Waals surface area contributed by atoms with Crippen LogP contribution in [0.25, 0.3) is 5.69 Å². The lowest BCUT2D eigenvalue weighted by Crippen LogP contribution is -2.13. The van der Waals surface area contributed by atoms with Crippen molar-refractivity contribution in [1.82, 2.24) is 4.57 Å². The molecule has 0 bridgehead atoms. The van der Waals surface area contributed by atoms with E-state index in [1.807, 2.05) is 53.4 Å². The van der Waals surface area contributed by atoms with Crippen LogP contribution in [0.1, 0.15) is 6.92 Å². The average molecular weight is 217 g/mol. The summed E-state index contributed by atoms with van der Waals surface area (Å²) in [6.07, 6.45) is 3.47. The van der Waals surface area contributed by atoms with E-state index in [-0.39, 0.29) is 0 Å². The minimum absolute atomic E-state index is 0.304. The van der Waals surface area contributed by atoms with Crippen LogP contribution in [0.4, 0.5) is 0 Å². The van der Waals surface area contributed by atoms with Crippen molar-refractivity contribution in [3.63, 3.8) is 0 Å². The average Bonchev–Trinajstić information content (AvgIpc) is 2.80. The minimum atomic E-state index is -0.460. The Balaban J connectivity index is 2.24. The molecule has 0 saturated heterocycles. The smallest absolute Gasteiger partial charge is 0.143 e. The number of hydrogen-bond acceptors (Lipinski definition) is 2. The summed E-state index contributed by atoms with van der Waals surface area (Å²) in [5.74, 6) is 0.777. The first-order valence-corrected chi connectivity index (χ1v) is 5.30. The Morgan fingerprint density at radius 2 is 1.88 bits per heavy atom. The molecular weight excluding hydrogens is 202 g/mol. The van der Waals surface area contributed by atoms with Crippen molar-refractivity contribution in [2.75, 3.05) is 6.61 Å². The minimum Gasteiger partial charge on any atom is -0.489 e. The lowest BCUT2D eigenvalue weighted by Gasteiger charge is -2.13. The molecule has 2 rings (SSSR count). The molecule has 1 N–H and O–H groups in total. The Morgan fingerprint density at radius 1 is 1.19 bits per heavy atom. The molecule has 0 aliphatic rings. The van der Waals surface area contributed by atoms with E-state index in [1.54, 1.807) is 6.92 Å². The Kier molecular flexibility index (Phi) is 3.27. The van der Waals surface area contributed by atoms with Crippen LogP contribution in [0.3, 0.4) is 0 Å². The molecule has 84 valence electrons. The Morgan fingerprint density at radius 3 is 2.56 bits per heavy atom. The largest absolute Gasteiger partial charge is 0.489 e. The fourth-order valence-electron chi connectivity index (χ4n) is 1.50. The van der Waals surface area contributed by atoms with Crippen molar-refractivity contribution in [3.05, 3.63) is 48.8 Å². The van der Waals surface area contributed by atoms with E-state index >= 15 is 0 Å². The first kappa shape index (κ1) is 10.8. The second-order valence-corrected chi connectivity index (χ2v) is 3.72. The standard InChI is InChI=1S/C13H15NO2/c1-11(15)10-16-13-7-3-2-6-12(13)14-8-4-5-9-14/h2-9,11,15H,10H2,1H3. The molecule has 16 heavy (non-hydrogen) atoms. The van der Waals surface area contributed by atoms with Crippen molar-refractivity contribution in [1.29, 1.82) is 0 Å². The van der Waals surface area contributed by atoms with Gasteiger partial charge >= 0.3 is 0 Å². The molecule has 0 fully saturated rings. The van der Waals surface area contributed by atoms with E-state index in [0.717, 1.165) is 11.4 Å². The molecule has 1 aromatic carbocycles. The van der Waals surface area contributed by atoms with E-state index < -0.39 is 6.10 Å². The Bertz CT molecular complexity index is 435. The SMILES string of the molecule is CC(O)COc1ccccc1-n1cccc1. The first-order chi connectivity index (χ1) is 7.77.